The van der Waals surface area contributed by atoms with Crippen LogP contribution in [0.5, 0.6) is 0 Å². The molecule has 0 radical (unpaired) electrons. The SMILES string of the molecule is CCC1(C)NC(CC(C)C)N(CCN(C)C(C)C)C1=O. The van der Waals surface area contributed by atoms with Crippen LogP contribution in [0, 0.1) is 5.92 Å². The zero-order valence-electron chi connectivity index (χ0n) is 14.4. The van der Waals surface area contributed by atoms with Gasteiger partial charge in [0.2, 0.25) is 5.91 Å². The van der Waals surface area contributed by atoms with E-state index in [1.807, 2.05) is 6.92 Å². The molecule has 0 aliphatic carbocycles. The lowest BCUT2D eigenvalue weighted by Crippen LogP contribution is -2.44. The van der Waals surface area contributed by atoms with Crippen molar-refractivity contribution in [3.8, 4) is 0 Å². The van der Waals surface area contributed by atoms with Gasteiger partial charge in [-0.05, 0) is 46.6 Å². The Morgan fingerprint density at radius 3 is 2.40 bits per heavy atom. The van der Waals surface area contributed by atoms with Crippen LogP contribution >= 0.6 is 0 Å². The van der Waals surface area contributed by atoms with Crippen LogP contribution in [0.1, 0.15) is 54.4 Å². The first-order chi connectivity index (χ1) is 9.21. The first kappa shape index (κ1) is 17.4. The molecule has 0 saturated carbocycles. The minimum atomic E-state index is -0.379. The highest BCUT2D eigenvalue weighted by atomic mass is 16.2. The smallest absolute Gasteiger partial charge is 0.243 e. The van der Waals surface area contributed by atoms with Crippen molar-refractivity contribution in [2.45, 2.75) is 72.1 Å². The van der Waals surface area contributed by atoms with Crippen LogP contribution in [0.3, 0.4) is 0 Å². The Bertz CT molecular complexity index is 330. The molecule has 0 aromatic rings. The molecule has 20 heavy (non-hydrogen) atoms. The first-order valence-electron chi connectivity index (χ1n) is 8.00. The lowest BCUT2D eigenvalue weighted by atomic mass is 9.99. The maximum absolute atomic E-state index is 12.7. The van der Waals surface area contributed by atoms with Gasteiger partial charge in [-0.3, -0.25) is 10.1 Å². The van der Waals surface area contributed by atoms with Crippen LogP contribution in [0.25, 0.3) is 0 Å². The van der Waals surface area contributed by atoms with Crippen molar-refractivity contribution in [2.24, 2.45) is 5.92 Å². The van der Waals surface area contributed by atoms with E-state index in [9.17, 15) is 4.79 Å². The Balaban J connectivity index is 2.74. The summed E-state index contributed by atoms with van der Waals surface area (Å²) in [6, 6.07) is 0.516. The fourth-order valence-corrected chi connectivity index (χ4v) is 2.63. The molecule has 2 unspecified atom stereocenters. The van der Waals surface area contributed by atoms with Gasteiger partial charge in [0.1, 0.15) is 0 Å². The third-order valence-electron chi connectivity index (χ3n) is 4.57. The highest BCUT2D eigenvalue weighted by Crippen LogP contribution is 2.26. The van der Waals surface area contributed by atoms with Crippen molar-refractivity contribution in [3.05, 3.63) is 0 Å². The van der Waals surface area contributed by atoms with Crippen LogP contribution in [0.2, 0.25) is 0 Å². The van der Waals surface area contributed by atoms with Crippen molar-refractivity contribution in [1.29, 1.82) is 0 Å². The molecule has 1 rings (SSSR count). The molecule has 0 spiro atoms. The summed E-state index contributed by atoms with van der Waals surface area (Å²) >= 11 is 0. The molecule has 2 atom stereocenters. The minimum absolute atomic E-state index is 0.188. The third-order valence-corrected chi connectivity index (χ3v) is 4.57. The quantitative estimate of drug-likeness (QED) is 0.779. The van der Waals surface area contributed by atoms with Crippen LogP contribution in [0.15, 0.2) is 0 Å². The number of rotatable bonds is 7. The molecule has 0 aromatic heterocycles. The lowest BCUT2D eigenvalue weighted by Gasteiger charge is -2.29. The van der Waals surface area contributed by atoms with E-state index in [1.54, 1.807) is 0 Å². The average Bonchev–Trinajstić information content (AvgIpc) is 2.58. The normalized spacial score (nSPS) is 27.4. The summed E-state index contributed by atoms with van der Waals surface area (Å²) in [6.07, 6.45) is 2.05. The lowest BCUT2D eigenvalue weighted by molar-refractivity contribution is -0.133. The maximum atomic E-state index is 12.7. The van der Waals surface area contributed by atoms with Gasteiger partial charge in [-0.15, -0.1) is 0 Å². The van der Waals surface area contributed by atoms with Crippen molar-refractivity contribution in [2.75, 3.05) is 20.1 Å². The zero-order chi connectivity index (χ0) is 15.5. The summed E-state index contributed by atoms with van der Waals surface area (Å²) in [5.41, 5.74) is -0.379. The number of carbonyl (C=O) groups excluding carboxylic acids is 1. The molecule has 1 saturated heterocycles. The number of hydrogen-bond donors (Lipinski definition) is 1. The highest BCUT2D eigenvalue weighted by molar-refractivity contribution is 5.88. The summed E-state index contributed by atoms with van der Waals surface area (Å²) in [7, 11) is 2.12. The predicted molar refractivity (Wildman–Crippen MR) is 84.6 cm³/mol. The molecule has 118 valence electrons. The van der Waals surface area contributed by atoms with Gasteiger partial charge in [-0.2, -0.15) is 0 Å². The van der Waals surface area contributed by atoms with Crippen molar-refractivity contribution >= 4 is 5.91 Å². The zero-order valence-corrected chi connectivity index (χ0v) is 14.4. The Kier molecular flexibility index (Phi) is 6.02. The van der Waals surface area contributed by atoms with E-state index < -0.39 is 0 Å². The number of carbonyl (C=O) groups is 1. The molecule has 1 amide bonds. The fraction of sp³-hybridized carbons (Fsp3) is 0.938. The van der Waals surface area contributed by atoms with Crippen LogP contribution in [0.4, 0.5) is 0 Å². The highest BCUT2D eigenvalue weighted by Gasteiger charge is 2.46. The second-order valence-electron chi connectivity index (χ2n) is 7.05. The minimum Gasteiger partial charge on any atom is -0.324 e. The average molecular weight is 283 g/mol. The van der Waals surface area contributed by atoms with Gasteiger partial charge in [-0.1, -0.05) is 20.8 Å². The van der Waals surface area contributed by atoms with Crippen molar-refractivity contribution < 1.29 is 4.79 Å². The second kappa shape index (κ2) is 6.90. The van der Waals surface area contributed by atoms with E-state index >= 15 is 0 Å². The summed E-state index contributed by atoms with van der Waals surface area (Å²) in [5, 5.41) is 3.56. The molecule has 1 aliphatic rings. The number of hydrogen-bond acceptors (Lipinski definition) is 3. The van der Waals surface area contributed by atoms with Gasteiger partial charge in [-0.25, -0.2) is 0 Å². The summed E-state index contributed by atoms with van der Waals surface area (Å²) in [4.78, 5) is 17.0. The number of nitrogens with one attached hydrogen (secondary N) is 1. The molecule has 0 aromatic carbocycles. The van der Waals surface area contributed by atoms with E-state index in [0.29, 0.717) is 12.0 Å². The fourth-order valence-electron chi connectivity index (χ4n) is 2.63. The number of amides is 1. The predicted octanol–water partition coefficient (Wildman–Crippen LogP) is 2.30. The van der Waals surface area contributed by atoms with E-state index in [0.717, 1.165) is 25.9 Å². The van der Waals surface area contributed by atoms with Crippen molar-refractivity contribution in [3.63, 3.8) is 0 Å². The molecular weight excluding hydrogens is 250 g/mol. The largest absolute Gasteiger partial charge is 0.324 e. The molecule has 1 aliphatic heterocycles. The van der Waals surface area contributed by atoms with Gasteiger partial charge in [0.05, 0.1) is 11.7 Å². The van der Waals surface area contributed by atoms with Gasteiger partial charge >= 0.3 is 0 Å². The molecule has 1 fully saturated rings. The van der Waals surface area contributed by atoms with Gasteiger partial charge in [0.25, 0.3) is 0 Å². The summed E-state index contributed by atoms with van der Waals surface area (Å²) in [5.74, 6) is 0.854. The molecule has 0 bridgehead atoms. The molecule has 4 nitrogen and oxygen atoms in total. The van der Waals surface area contributed by atoms with Gasteiger partial charge in [0.15, 0.2) is 0 Å². The Labute approximate surface area is 124 Å². The van der Waals surface area contributed by atoms with Crippen LogP contribution < -0.4 is 5.32 Å². The summed E-state index contributed by atoms with van der Waals surface area (Å²) in [6.45, 7) is 14.7. The molecule has 1 N–H and O–H groups in total. The third kappa shape index (κ3) is 3.95. The van der Waals surface area contributed by atoms with E-state index in [4.69, 9.17) is 0 Å². The van der Waals surface area contributed by atoms with E-state index in [1.165, 1.54) is 0 Å². The monoisotopic (exact) mass is 283 g/mol. The second-order valence-corrected chi connectivity index (χ2v) is 7.05. The number of nitrogens with zero attached hydrogens (tertiary/aromatic N) is 2. The topological polar surface area (TPSA) is 35.6 Å². The molecular formula is C16H33N3O. The van der Waals surface area contributed by atoms with Gasteiger partial charge < -0.3 is 9.80 Å². The van der Waals surface area contributed by atoms with E-state index in [-0.39, 0.29) is 17.6 Å². The molecule has 1 heterocycles. The van der Waals surface area contributed by atoms with Crippen molar-refractivity contribution in [1.82, 2.24) is 15.1 Å². The Hall–Kier alpha value is -0.610. The van der Waals surface area contributed by atoms with Gasteiger partial charge in [0, 0.05) is 19.1 Å². The first-order valence-corrected chi connectivity index (χ1v) is 8.00. The molecule has 4 heteroatoms. The maximum Gasteiger partial charge on any atom is 0.243 e. The Morgan fingerprint density at radius 2 is 1.95 bits per heavy atom. The van der Waals surface area contributed by atoms with E-state index in [2.05, 4.69) is 56.8 Å². The standard InChI is InChI=1S/C16H33N3O/c1-8-16(6)15(20)19(10-9-18(7)13(4)5)14(17-16)11-12(2)3/h12-14,17H,8-11H2,1-7H3. The van der Waals surface area contributed by atoms with Crippen LogP contribution in [-0.2, 0) is 4.79 Å². The Morgan fingerprint density at radius 1 is 1.35 bits per heavy atom. The van der Waals surface area contributed by atoms with Crippen LogP contribution in [-0.4, -0.2) is 53.6 Å². The number of likely N-dealkylation sites (N-methyl/N-ethyl adjacent to an activating group) is 1. The summed E-state index contributed by atoms with van der Waals surface area (Å²) < 4.78 is 0.